The molecule has 0 saturated carbocycles. The molecule has 0 aliphatic heterocycles. The van der Waals surface area contributed by atoms with Crippen LogP contribution in [0.25, 0.3) is 0 Å². The number of hydrogen-bond acceptors (Lipinski definition) is 4. The van der Waals surface area contributed by atoms with Gasteiger partial charge < -0.3 is 15.0 Å². The van der Waals surface area contributed by atoms with Crippen molar-refractivity contribution < 1.29 is 9.53 Å². The van der Waals surface area contributed by atoms with Crippen molar-refractivity contribution in [2.75, 3.05) is 11.9 Å². The summed E-state index contributed by atoms with van der Waals surface area (Å²) in [5.74, 6) is 0.143. The quantitative estimate of drug-likeness (QED) is 0.879. The zero-order valence-electron chi connectivity index (χ0n) is 10.4. The highest BCUT2D eigenvalue weighted by Crippen LogP contribution is 2.17. The van der Waals surface area contributed by atoms with E-state index in [9.17, 15) is 9.59 Å². The van der Waals surface area contributed by atoms with Crippen LogP contribution < -0.4 is 15.6 Å². The first-order valence-corrected chi connectivity index (χ1v) is 5.79. The first kappa shape index (κ1) is 13.4. The Balaban J connectivity index is 2.09. The highest BCUT2D eigenvalue weighted by molar-refractivity contribution is 6.04. The molecule has 0 radical (unpaired) electrons. The highest BCUT2D eigenvalue weighted by Gasteiger charge is 2.06. The number of carbonyl (C=O) groups is 1. The smallest absolute Gasteiger partial charge is 0.257 e. The van der Waals surface area contributed by atoms with Crippen LogP contribution in [0.4, 0.5) is 5.69 Å². The number of nitriles is 1. The van der Waals surface area contributed by atoms with Gasteiger partial charge in [-0.3, -0.25) is 9.59 Å². The number of H-pyrrole nitrogens is 1. The number of amides is 1. The van der Waals surface area contributed by atoms with Crippen LogP contribution in [0.1, 0.15) is 10.4 Å². The lowest BCUT2D eigenvalue weighted by Crippen LogP contribution is -2.14. The Kier molecular flexibility index (Phi) is 4.14. The van der Waals surface area contributed by atoms with Crippen LogP contribution >= 0.6 is 0 Å². The van der Waals surface area contributed by atoms with Crippen molar-refractivity contribution in [3.8, 4) is 11.8 Å². The summed E-state index contributed by atoms with van der Waals surface area (Å²) in [4.78, 5) is 25.3. The molecular formula is C14H11N3O3. The molecule has 0 spiro atoms. The molecule has 6 heteroatoms. The fourth-order valence-electron chi connectivity index (χ4n) is 1.53. The third kappa shape index (κ3) is 3.46. The number of carbonyl (C=O) groups excluding carboxylic acids is 1. The van der Waals surface area contributed by atoms with E-state index in [1.165, 1.54) is 18.3 Å². The summed E-state index contributed by atoms with van der Waals surface area (Å²) in [6.07, 6.45) is 1.34. The number of nitrogens with one attached hydrogen (secondary N) is 2. The van der Waals surface area contributed by atoms with Gasteiger partial charge in [-0.15, -0.1) is 0 Å². The number of ether oxygens (including phenoxy) is 1. The van der Waals surface area contributed by atoms with Gasteiger partial charge in [0.05, 0.1) is 5.56 Å². The Morgan fingerprint density at radius 2 is 2.20 bits per heavy atom. The summed E-state index contributed by atoms with van der Waals surface area (Å²) in [5, 5.41) is 11.1. The first-order valence-electron chi connectivity index (χ1n) is 5.79. The monoisotopic (exact) mass is 269 g/mol. The predicted molar refractivity (Wildman–Crippen MR) is 72.6 cm³/mol. The van der Waals surface area contributed by atoms with Gasteiger partial charge in [0.1, 0.15) is 11.8 Å². The van der Waals surface area contributed by atoms with Gasteiger partial charge >= 0.3 is 0 Å². The van der Waals surface area contributed by atoms with E-state index >= 15 is 0 Å². The Morgan fingerprint density at radius 3 is 2.90 bits per heavy atom. The number of rotatable bonds is 4. The molecule has 1 heterocycles. The second kappa shape index (κ2) is 6.20. The number of anilines is 1. The standard InChI is InChI=1S/C14H11N3O3/c15-6-7-20-12-3-1-2-11(8-12)17-14(19)10-4-5-13(18)16-9-10/h1-5,8-9H,7H2,(H,16,18)(H,17,19). The van der Waals surface area contributed by atoms with Crippen molar-refractivity contribution in [3.05, 3.63) is 58.5 Å². The molecule has 0 unspecified atom stereocenters. The minimum atomic E-state index is -0.348. The van der Waals surface area contributed by atoms with Crippen molar-refractivity contribution >= 4 is 11.6 Å². The summed E-state index contributed by atoms with van der Waals surface area (Å²) in [5.41, 5.74) is 0.609. The van der Waals surface area contributed by atoms with E-state index in [0.717, 1.165) is 0 Å². The molecule has 0 fully saturated rings. The second-order valence-electron chi connectivity index (χ2n) is 3.87. The first-order chi connectivity index (χ1) is 9.69. The molecule has 0 bridgehead atoms. The van der Waals surface area contributed by atoms with Gasteiger partial charge in [-0.2, -0.15) is 5.26 Å². The van der Waals surface area contributed by atoms with Gasteiger partial charge in [-0.05, 0) is 18.2 Å². The predicted octanol–water partition coefficient (Wildman–Crippen LogP) is 1.53. The van der Waals surface area contributed by atoms with Crippen LogP contribution in [-0.4, -0.2) is 17.5 Å². The van der Waals surface area contributed by atoms with Crippen LogP contribution in [-0.2, 0) is 0 Å². The van der Waals surface area contributed by atoms with Crippen LogP contribution in [0.3, 0.4) is 0 Å². The molecule has 20 heavy (non-hydrogen) atoms. The molecular weight excluding hydrogens is 258 g/mol. The van der Waals surface area contributed by atoms with Crippen molar-refractivity contribution in [2.45, 2.75) is 0 Å². The number of nitrogens with zero attached hydrogens (tertiary/aromatic N) is 1. The third-order valence-electron chi connectivity index (χ3n) is 2.44. The molecule has 2 aromatic rings. The van der Waals surface area contributed by atoms with E-state index < -0.39 is 0 Å². The topological polar surface area (TPSA) is 95.0 Å². The highest BCUT2D eigenvalue weighted by atomic mass is 16.5. The van der Waals surface area contributed by atoms with Crippen LogP contribution in [0, 0.1) is 11.3 Å². The fourth-order valence-corrected chi connectivity index (χ4v) is 1.53. The summed E-state index contributed by atoms with van der Waals surface area (Å²) in [7, 11) is 0. The maximum atomic E-state index is 11.9. The number of aromatic nitrogens is 1. The summed E-state index contributed by atoms with van der Waals surface area (Å²) in [6, 6.07) is 11.3. The summed E-state index contributed by atoms with van der Waals surface area (Å²) in [6.45, 7) is -0.0582. The number of benzene rings is 1. The maximum Gasteiger partial charge on any atom is 0.257 e. The molecule has 6 nitrogen and oxygen atoms in total. The lowest BCUT2D eigenvalue weighted by atomic mass is 10.2. The zero-order valence-corrected chi connectivity index (χ0v) is 10.4. The molecule has 1 aromatic carbocycles. The van der Waals surface area contributed by atoms with Crippen LogP contribution in [0.2, 0.25) is 0 Å². The van der Waals surface area contributed by atoms with Crippen LogP contribution in [0.5, 0.6) is 5.75 Å². The SMILES string of the molecule is N#CCOc1cccc(NC(=O)c2ccc(=O)[nH]c2)c1. The Morgan fingerprint density at radius 1 is 1.35 bits per heavy atom. The van der Waals surface area contributed by atoms with Crippen molar-refractivity contribution in [1.82, 2.24) is 4.98 Å². The van der Waals surface area contributed by atoms with Crippen molar-refractivity contribution in [3.63, 3.8) is 0 Å². The second-order valence-corrected chi connectivity index (χ2v) is 3.87. The largest absolute Gasteiger partial charge is 0.479 e. The summed E-state index contributed by atoms with van der Waals surface area (Å²) >= 11 is 0. The lowest BCUT2D eigenvalue weighted by Gasteiger charge is -2.07. The van der Waals surface area contributed by atoms with E-state index in [2.05, 4.69) is 10.3 Å². The molecule has 2 N–H and O–H groups in total. The molecule has 1 aromatic heterocycles. The number of pyridine rings is 1. The maximum absolute atomic E-state index is 11.9. The fraction of sp³-hybridized carbons (Fsp3) is 0.0714. The van der Waals surface area contributed by atoms with Gasteiger partial charge in [0.2, 0.25) is 5.56 Å². The normalized spacial score (nSPS) is 9.55. The van der Waals surface area contributed by atoms with Gasteiger partial charge in [0.15, 0.2) is 6.61 Å². The minimum Gasteiger partial charge on any atom is -0.479 e. The van der Waals surface area contributed by atoms with Crippen molar-refractivity contribution in [2.24, 2.45) is 0 Å². The van der Waals surface area contributed by atoms with Crippen molar-refractivity contribution in [1.29, 1.82) is 5.26 Å². The number of aromatic amines is 1. The van der Waals surface area contributed by atoms with E-state index in [0.29, 0.717) is 17.0 Å². The zero-order chi connectivity index (χ0) is 14.4. The molecule has 0 aliphatic rings. The van der Waals surface area contributed by atoms with E-state index in [1.54, 1.807) is 24.3 Å². The van der Waals surface area contributed by atoms with Gasteiger partial charge in [-0.1, -0.05) is 6.07 Å². The Hall–Kier alpha value is -3.07. The number of hydrogen-bond donors (Lipinski definition) is 2. The summed E-state index contributed by atoms with van der Waals surface area (Å²) < 4.78 is 5.14. The molecule has 1 amide bonds. The molecule has 100 valence electrons. The van der Waals surface area contributed by atoms with Crippen LogP contribution in [0.15, 0.2) is 47.4 Å². The molecule has 0 atom stereocenters. The van der Waals surface area contributed by atoms with E-state index in [1.807, 2.05) is 6.07 Å². The van der Waals surface area contributed by atoms with Gasteiger partial charge in [0.25, 0.3) is 5.91 Å². The molecule has 2 rings (SSSR count). The Labute approximate surface area is 114 Å². The lowest BCUT2D eigenvalue weighted by molar-refractivity contribution is 0.102. The average Bonchev–Trinajstić information content (AvgIpc) is 2.46. The molecule has 0 aliphatic carbocycles. The third-order valence-corrected chi connectivity index (χ3v) is 2.44. The van der Waals surface area contributed by atoms with Gasteiger partial charge in [0, 0.05) is 24.0 Å². The van der Waals surface area contributed by atoms with E-state index in [-0.39, 0.29) is 18.1 Å². The minimum absolute atomic E-state index is 0.0582. The molecule has 0 saturated heterocycles. The van der Waals surface area contributed by atoms with Gasteiger partial charge in [-0.25, -0.2) is 0 Å². The van der Waals surface area contributed by atoms with E-state index in [4.69, 9.17) is 10.00 Å². The average molecular weight is 269 g/mol. The Bertz CT molecular complexity index is 696.